The van der Waals surface area contributed by atoms with E-state index >= 15 is 4.39 Å². The molecule has 5 N–H and O–H groups in total. The second kappa shape index (κ2) is 14.9. The number of anilines is 2. The molecule has 1 amide bonds. The van der Waals surface area contributed by atoms with E-state index in [1.54, 1.807) is 19.2 Å². The van der Waals surface area contributed by atoms with E-state index in [0.717, 1.165) is 12.0 Å². The number of carboxylic acid groups (broad SMARTS) is 1. The number of aliphatic carboxylic acids is 1. The van der Waals surface area contributed by atoms with Gasteiger partial charge in [0.15, 0.2) is 11.6 Å². The highest BCUT2D eigenvalue weighted by Crippen LogP contribution is 2.42. The van der Waals surface area contributed by atoms with Gasteiger partial charge in [0.1, 0.15) is 6.04 Å². The molecule has 2 atom stereocenters. The fraction of sp³-hybridized carbons (Fsp3) is 0.273. The lowest BCUT2D eigenvalue weighted by Crippen LogP contribution is -2.35. The van der Waals surface area contributed by atoms with Gasteiger partial charge in [0.2, 0.25) is 11.8 Å². The average Bonchev–Trinajstić information content (AvgIpc) is 3.47. The predicted octanol–water partition coefficient (Wildman–Crippen LogP) is 5.94. The Balaban J connectivity index is 1.36. The molecule has 3 heterocycles. The highest BCUT2D eigenvalue weighted by atomic mass is 35.5. The van der Waals surface area contributed by atoms with E-state index in [2.05, 4.69) is 26.3 Å². The molecule has 1 aliphatic heterocycles. The number of rotatable bonds is 13. The standard InChI is InChI=1S/C33H33Cl2FN6O4/c1-18(33(44)45)39-16-19-13-14-38-31(30(19)36)41-26-8-4-6-23(29(26)35)22-5-3-7-24(28(22)34)25-11-9-20(32(42-25)46-2)15-37-17-21-10-12-27(43)40-21/h3-9,11,13-14,18,21,37,39H,10,12,15-17H2,1-2H3,(H,38,41)(H,40,43)(H,44,45)/t18-,21-/m0/s1. The van der Waals surface area contributed by atoms with Crippen molar-refractivity contribution in [3.63, 3.8) is 0 Å². The van der Waals surface area contributed by atoms with E-state index in [-0.39, 0.29) is 29.9 Å². The topological polar surface area (TPSA) is 138 Å². The molecule has 46 heavy (non-hydrogen) atoms. The van der Waals surface area contributed by atoms with Gasteiger partial charge in [-0.1, -0.05) is 59.6 Å². The normalized spacial score (nSPS) is 15.0. The quantitative estimate of drug-likeness (QED) is 0.117. The summed E-state index contributed by atoms with van der Waals surface area (Å²) >= 11 is 13.8. The number of methoxy groups -OCH3 is 1. The van der Waals surface area contributed by atoms with Crippen LogP contribution in [0.1, 0.15) is 30.9 Å². The zero-order chi connectivity index (χ0) is 32.8. The summed E-state index contributed by atoms with van der Waals surface area (Å²) in [7, 11) is 1.56. The summed E-state index contributed by atoms with van der Waals surface area (Å²) in [5.41, 5.74) is 4.05. The number of benzene rings is 2. The van der Waals surface area contributed by atoms with E-state index in [9.17, 15) is 9.59 Å². The van der Waals surface area contributed by atoms with Crippen molar-refractivity contribution in [2.45, 2.75) is 44.9 Å². The Morgan fingerprint density at radius 3 is 2.52 bits per heavy atom. The lowest BCUT2D eigenvalue weighted by Gasteiger charge is -2.16. The molecule has 0 spiro atoms. The molecule has 0 radical (unpaired) electrons. The first-order valence-corrected chi connectivity index (χ1v) is 15.4. The number of amides is 1. The number of aromatic nitrogens is 2. The van der Waals surface area contributed by atoms with Crippen molar-refractivity contribution in [1.29, 1.82) is 0 Å². The molecule has 1 saturated heterocycles. The van der Waals surface area contributed by atoms with Gasteiger partial charge in [0.05, 0.1) is 28.5 Å². The van der Waals surface area contributed by atoms with Crippen LogP contribution < -0.4 is 26.0 Å². The average molecular weight is 668 g/mol. The Bertz CT molecular complexity index is 1760. The molecular formula is C33H33Cl2FN6O4. The summed E-state index contributed by atoms with van der Waals surface area (Å²) in [6, 6.07) is 15.4. The third kappa shape index (κ3) is 7.56. The van der Waals surface area contributed by atoms with Gasteiger partial charge in [-0.25, -0.2) is 14.4 Å². The first-order chi connectivity index (χ1) is 22.2. The SMILES string of the molecule is COc1nc(-c2cccc(-c3cccc(Nc4nccc(CN[C@@H](C)C(=O)O)c4F)c3Cl)c2Cl)ccc1CNC[C@@H]1CCC(=O)N1. The first-order valence-electron chi connectivity index (χ1n) is 14.6. The van der Waals surface area contributed by atoms with Crippen LogP contribution in [0.25, 0.3) is 22.4 Å². The largest absolute Gasteiger partial charge is 0.481 e. The number of carbonyl (C=O) groups is 2. The van der Waals surface area contributed by atoms with Crippen LogP contribution in [0.4, 0.5) is 15.9 Å². The van der Waals surface area contributed by atoms with Gasteiger partial charge in [0, 0.05) is 66.1 Å². The number of hydrogen-bond donors (Lipinski definition) is 5. The molecular weight excluding hydrogens is 634 g/mol. The summed E-state index contributed by atoms with van der Waals surface area (Å²) in [4.78, 5) is 31.4. The molecule has 2 aromatic carbocycles. The zero-order valence-corrected chi connectivity index (χ0v) is 26.7. The Morgan fingerprint density at radius 2 is 1.80 bits per heavy atom. The Hall–Kier alpha value is -4.29. The molecule has 4 aromatic rings. The maximum atomic E-state index is 15.3. The third-order valence-electron chi connectivity index (χ3n) is 7.68. The van der Waals surface area contributed by atoms with Gasteiger partial charge in [0.25, 0.3) is 0 Å². The van der Waals surface area contributed by atoms with Crippen molar-refractivity contribution in [1.82, 2.24) is 25.9 Å². The second-order valence-corrected chi connectivity index (χ2v) is 11.6. The fourth-order valence-corrected chi connectivity index (χ4v) is 5.70. The molecule has 5 rings (SSSR count). The third-order valence-corrected chi connectivity index (χ3v) is 8.49. The number of carboxylic acids is 1. The van der Waals surface area contributed by atoms with Crippen LogP contribution in [0.3, 0.4) is 0 Å². The number of nitrogens with one attached hydrogen (secondary N) is 4. The maximum absolute atomic E-state index is 15.3. The van der Waals surface area contributed by atoms with Gasteiger partial charge < -0.3 is 31.1 Å². The molecule has 1 fully saturated rings. The van der Waals surface area contributed by atoms with Crippen molar-refractivity contribution in [3.05, 3.63) is 87.8 Å². The number of hydrogen-bond acceptors (Lipinski definition) is 8. The summed E-state index contributed by atoms with van der Waals surface area (Å²) in [5.74, 6) is -1.19. The van der Waals surface area contributed by atoms with E-state index in [0.29, 0.717) is 63.5 Å². The Kier molecular flexibility index (Phi) is 10.7. The molecule has 0 saturated carbocycles. The molecule has 2 aromatic heterocycles. The van der Waals surface area contributed by atoms with Crippen LogP contribution in [0.15, 0.2) is 60.8 Å². The minimum Gasteiger partial charge on any atom is -0.481 e. The molecule has 10 nitrogen and oxygen atoms in total. The van der Waals surface area contributed by atoms with Crippen molar-refractivity contribution in [3.8, 4) is 28.3 Å². The van der Waals surface area contributed by atoms with E-state index in [1.165, 1.54) is 19.2 Å². The molecule has 13 heteroatoms. The van der Waals surface area contributed by atoms with E-state index < -0.39 is 17.8 Å². The van der Waals surface area contributed by atoms with Crippen LogP contribution in [0, 0.1) is 5.82 Å². The van der Waals surface area contributed by atoms with Gasteiger partial charge in [-0.3, -0.25) is 9.59 Å². The smallest absolute Gasteiger partial charge is 0.320 e. The van der Waals surface area contributed by atoms with Crippen molar-refractivity contribution >= 4 is 46.6 Å². The second-order valence-electron chi connectivity index (χ2n) is 10.8. The first kappa shape index (κ1) is 33.1. The number of nitrogens with zero attached hydrogens (tertiary/aromatic N) is 2. The van der Waals surface area contributed by atoms with Crippen molar-refractivity contribution in [2.75, 3.05) is 19.0 Å². The lowest BCUT2D eigenvalue weighted by molar-refractivity contribution is -0.139. The summed E-state index contributed by atoms with van der Waals surface area (Å²) in [6.07, 6.45) is 2.80. The fourth-order valence-electron chi connectivity index (χ4n) is 5.10. The Labute approximate surface area is 275 Å². The molecule has 0 bridgehead atoms. The predicted molar refractivity (Wildman–Crippen MR) is 176 cm³/mol. The minimum atomic E-state index is -1.04. The van der Waals surface area contributed by atoms with Crippen LogP contribution in [-0.4, -0.2) is 52.7 Å². The monoisotopic (exact) mass is 666 g/mol. The number of halogens is 3. The number of carbonyl (C=O) groups excluding carboxylic acids is 1. The van der Waals surface area contributed by atoms with Crippen LogP contribution >= 0.6 is 23.2 Å². The summed E-state index contributed by atoms with van der Waals surface area (Å²) in [6.45, 7) is 2.65. The molecule has 240 valence electrons. The van der Waals surface area contributed by atoms with Crippen LogP contribution in [0.5, 0.6) is 5.88 Å². The highest BCUT2D eigenvalue weighted by molar-refractivity contribution is 6.39. The van der Waals surface area contributed by atoms with E-state index in [1.807, 2.05) is 36.4 Å². The summed E-state index contributed by atoms with van der Waals surface area (Å²) in [5, 5.41) is 21.9. The maximum Gasteiger partial charge on any atom is 0.320 e. The zero-order valence-electron chi connectivity index (χ0n) is 25.2. The van der Waals surface area contributed by atoms with Crippen LogP contribution in [0.2, 0.25) is 10.0 Å². The van der Waals surface area contributed by atoms with Gasteiger partial charge in [-0.05, 0) is 31.5 Å². The van der Waals surface area contributed by atoms with Gasteiger partial charge in [-0.2, -0.15) is 0 Å². The lowest BCUT2D eigenvalue weighted by atomic mass is 10.00. The van der Waals surface area contributed by atoms with Gasteiger partial charge >= 0.3 is 5.97 Å². The summed E-state index contributed by atoms with van der Waals surface area (Å²) < 4.78 is 20.9. The number of ether oxygens (including phenoxy) is 1. The van der Waals surface area contributed by atoms with Crippen molar-refractivity contribution < 1.29 is 23.8 Å². The molecule has 0 unspecified atom stereocenters. The van der Waals surface area contributed by atoms with Gasteiger partial charge in [-0.15, -0.1) is 0 Å². The highest BCUT2D eigenvalue weighted by Gasteiger charge is 2.21. The van der Waals surface area contributed by atoms with E-state index in [4.69, 9.17) is 38.0 Å². The van der Waals surface area contributed by atoms with Crippen LogP contribution in [-0.2, 0) is 22.7 Å². The number of pyridine rings is 2. The minimum absolute atomic E-state index is 0.00307. The Morgan fingerprint density at radius 1 is 1.07 bits per heavy atom. The van der Waals surface area contributed by atoms with Crippen molar-refractivity contribution in [2.24, 2.45) is 0 Å². The molecule has 1 aliphatic rings. The molecule has 0 aliphatic carbocycles.